The summed E-state index contributed by atoms with van der Waals surface area (Å²) in [7, 11) is 0. The molecule has 2 aromatic heterocycles. The number of aryl methyl sites for hydroxylation is 1. The Bertz CT molecular complexity index is 627. The molecule has 1 atom stereocenters. The standard InChI is InChI=1S/C12H14N4O2S/c1-7-4-8-11(14-6-15-12(8)19-7)16-2-3-18-5-9(16)10(13)17/h4,6,9H,2-3,5H2,1H3,(H2,13,17)/t9-/m1/s1. The van der Waals surface area contributed by atoms with Gasteiger partial charge in [-0.2, -0.15) is 0 Å². The van der Waals surface area contributed by atoms with Crippen molar-refractivity contribution in [3.63, 3.8) is 0 Å². The molecule has 1 saturated heterocycles. The number of morpholine rings is 1. The molecule has 3 rings (SSSR count). The minimum Gasteiger partial charge on any atom is -0.377 e. The first kappa shape index (κ1) is 12.3. The lowest BCUT2D eigenvalue weighted by molar-refractivity contribution is -0.121. The van der Waals surface area contributed by atoms with E-state index in [-0.39, 0.29) is 0 Å². The summed E-state index contributed by atoms with van der Waals surface area (Å²) in [6.07, 6.45) is 1.53. The molecule has 1 aliphatic rings. The van der Waals surface area contributed by atoms with E-state index in [0.29, 0.717) is 19.8 Å². The van der Waals surface area contributed by atoms with Crippen molar-refractivity contribution >= 4 is 33.3 Å². The number of anilines is 1. The Kier molecular flexibility index (Phi) is 3.08. The summed E-state index contributed by atoms with van der Waals surface area (Å²) < 4.78 is 5.33. The first-order valence-electron chi connectivity index (χ1n) is 6.01. The average molecular weight is 278 g/mol. The highest BCUT2D eigenvalue weighted by Gasteiger charge is 2.30. The van der Waals surface area contributed by atoms with E-state index < -0.39 is 11.9 Å². The van der Waals surface area contributed by atoms with Crippen molar-refractivity contribution < 1.29 is 9.53 Å². The Morgan fingerprint density at radius 3 is 3.21 bits per heavy atom. The lowest BCUT2D eigenvalue weighted by Crippen LogP contribution is -2.53. The zero-order chi connectivity index (χ0) is 13.4. The molecule has 0 spiro atoms. The third kappa shape index (κ3) is 2.15. The zero-order valence-electron chi connectivity index (χ0n) is 10.5. The largest absolute Gasteiger partial charge is 0.377 e. The summed E-state index contributed by atoms with van der Waals surface area (Å²) in [5.41, 5.74) is 5.44. The molecule has 19 heavy (non-hydrogen) atoms. The summed E-state index contributed by atoms with van der Waals surface area (Å²) in [6.45, 7) is 3.51. The predicted molar refractivity (Wildman–Crippen MR) is 73.3 cm³/mol. The molecule has 0 unspecified atom stereocenters. The molecule has 1 fully saturated rings. The van der Waals surface area contributed by atoms with Crippen LogP contribution in [-0.4, -0.2) is 41.7 Å². The van der Waals surface area contributed by atoms with Crippen LogP contribution < -0.4 is 10.6 Å². The highest BCUT2D eigenvalue weighted by atomic mass is 32.1. The van der Waals surface area contributed by atoms with Crippen molar-refractivity contribution in [3.8, 4) is 0 Å². The molecule has 3 heterocycles. The van der Waals surface area contributed by atoms with Gasteiger partial charge in [0.1, 0.15) is 23.0 Å². The average Bonchev–Trinajstić information content (AvgIpc) is 2.78. The SMILES string of the molecule is Cc1cc2c(N3CCOC[C@@H]3C(N)=O)ncnc2s1. The zero-order valence-corrected chi connectivity index (χ0v) is 11.3. The monoisotopic (exact) mass is 278 g/mol. The fraction of sp³-hybridized carbons (Fsp3) is 0.417. The Labute approximate surface area is 114 Å². The highest BCUT2D eigenvalue weighted by Crippen LogP contribution is 2.31. The third-order valence-electron chi connectivity index (χ3n) is 3.16. The van der Waals surface area contributed by atoms with Crippen molar-refractivity contribution in [3.05, 3.63) is 17.3 Å². The number of hydrogen-bond acceptors (Lipinski definition) is 6. The van der Waals surface area contributed by atoms with Crippen molar-refractivity contribution in [2.75, 3.05) is 24.7 Å². The minimum atomic E-state index is -0.466. The first-order valence-corrected chi connectivity index (χ1v) is 6.83. The van der Waals surface area contributed by atoms with Gasteiger partial charge in [0.15, 0.2) is 0 Å². The summed E-state index contributed by atoms with van der Waals surface area (Å²) in [5.74, 6) is 0.375. The van der Waals surface area contributed by atoms with Gasteiger partial charge in [-0.25, -0.2) is 9.97 Å². The van der Waals surface area contributed by atoms with Gasteiger partial charge in [-0.1, -0.05) is 0 Å². The smallest absolute Gasteiger partial charge is 0.242 e. The van der Waals surface area contributed by atoms with Crippen LogP contribution in [0.3, 0.4) is 0 Å². The fourth-order valence-electron chi connectivity index (χ4n) is 2.29. The lowest BCUT2D eigenvalue weighted by Gasteiger charge is -2.34. The van der Waals surface area contributed by atoms with Crippen LogP contribution >= 0.6 is 11.3 Å². The van der Waals surface area contributed by atoms with Gasteiger partial charge in [0.2, 0.25) is 5.91 Å². The van der Waals surface area contributed by atoms with Crippen LogP contribution in [-0.2, 0) is 9.53 Å². The van der Waals surface area contributed by atoms with E-state index in [0.717, 1.165) is 16.0 Å². The molecule has 0 aliphatic carbocycles. The highest BCUT2D eigenvalue weighted by molar-refractivity contribution is 7.18. The van der Waals surface area contributed by atoms with Crippen LogP contribution in [0.4, 0.5) is 5.82 Å². The van der Waals surface area contributed by atoms with Gasteiger partial charge in [0, 0.05) is 11.4 Å². The molecule has 7 heteroatoms. The molecule has 2 N–H and O–H groups in total. The van der Waals surface area contributed by atoms with Crippen molar-refractivity contribution in [2.45, 2.75) is 13.0 Å². The predicted octanol–water partition coefficient (Wildman–Crippen LogP) is 0.690. The number of rotatable bonds is 2. The van der Waals surface area contributed by atoms with Gasteiger partial charge in [0.05, 0.1) is 18.6 Å². The number of thiophene rings is 1. The summed E-state index contributed by atoms with van der Waals surface area (Å²) in [6, 6.07) is 1.58. The quantitative estimate of drug-likeness (QED) is 0.874. The summed E-state index contributed by atoms with van der Waals surface area (Å²) in [5, 5.41) is 0.971. The van der Waals surface area contributed by atoms with Crippen LogP contribution in [0.1, 0.15) is 4.88 Å². The first-order chi connectivity index (χ1) is 9.16. The maximum atomic E-state index is 11.5. The molecule has 1 amide bonds. The maximum absolute atomic E-state index is 11.5. The van der Waals surface area contributed by atoms with Gasteiger partial charge < -0.3 is 15.4 Å². The maximum Gasteiger partial charge on any atom is 0.242 e. The van der Waals surface area contributed by atoms with Gasteiger partial charge in [-0.3, -0.25) is 4.79 Å². The number of aromatic nitrogens is 2. The third-order valence-corrected chi connectivity index (χ3v) is 4.12. The summed E-state index contributed by atoms with van der Waals surface area (Å²) >= 11 is 1.61. The van der Waals surface area contributed by atoms with Crippen LogP contribution in [0, 0.1) is 6.92 Å². The fourth-order valence-corrected chi connectivity index (χ4v) is 3.13. The topological polar surface area (TPSA) is 81.3 Å². The van der Waals surface area contributed by atoms with E-state index in [2.05, 4.69) is 9.97 Å². The second-order valence-electron chi connectivity index (χ2n) is 4.46. The van der Waals surface area contributed by atoms with Crippen LogP contribution in [0.5, 0.6) is 0 Å². The van der Waals surface area contributed by atoms with E-state index in [1.807, 2.05) is 17.9 Å². The molecule has 6 nitrogen and oxygen atoms in total. The summed E-state index contributed by atoms with van der Waals surface area (Å²) in [4.78, 5) is 24.1. The Morgan fingerprint density at radius 1 is 1.58 bits per heavy atom. The van der Waals surface area contributed by atoms with E-state index in [1.54, 1.807) is 11.3 Å². The number of hydrogen-bond donors (Lipinski definition) is 1. The molecule has 100 valence electrons. The van der Waals surface area contributed by atoms with E-state index in [9.17, 15) is 4.79 Å². The Morgan fingerprint density at radius 2 is 2.42 bits per heavy atom. The molecule has 0 bridgehead atoms. The van der Waals surface area contributed by atoms with Crippen LogP contribution in [0.25, 0.3) is 10.2 Å². The minimum absolute atomic E-state index is 0.309. The van der Waals surface area contributed by atoms with Crippen molar-refractivity contribution in [1.29, 1.82) is 0 Å². The van der Waals surface area contributed by atoms with Gasteiger partial charge >= 0.3 is 0 Å². The van der Waals surface area contributed by atoms with Crippen LogP contribution in [0.15, 0.2) is 12.4 Å². The molecule has 0 radical (unpaired) electrons. The van der Waals surface area contributed by atoms with Gasteiger partial charge in [-0.05, 0) is 13.0 Å². The number of nitrogens with zero attached hydrogens (tertiary/aromatic N) is 3. The number of carbonyl (C=O) groups is 1. The normalized spacial score (nSPS) is 19.8. The van der Waals surface area contributed by atoms with Gasteiger partial charge in [-0.15, -0.1) is 11.3 Å². The van der Waals surface area contributed by atoms with Crippen LogP contribution in [0.2, 0.25) is 0 Å². The molecule has 0 saturated carbocycles. The number of primary amides is 1. The Hall–Kier alpha value is -1.73. The number of nitrogens with two attached hydrogens (primary N) is 1. The lowest BCUT2D eigenvalue weighted by atomic mass is 10.2. The number of ether oxygens (including phenoxy) is 1. The number of carbonyl (C=O) groups excluding carboxylic acids is 1. The van der Waals surface area contributed by atoms with E-state index in [4.69, 9.17) is 10.5 Å². The molecule has 2 aromatic rings. The van der Waals surface area contributed by atoms with Gasteiger partial charge in [0.25, 0.3) is 0 Å². The number of amides is 1. The number of fused-ring (bicyclic) bond motifs is 1. The van der Waals surface area contributed by atoms with E-state index in [1.165, 1.54) is 11.2 Å². The molecule has 0 aromatic carbocycles. The molecular formula is C12H14N4O2S. The second-order valence-corrected chi connectivity index (χ2v) is 5.69. The van der Waals surface area contributed by atoms with E-state index >= 15 is 0 Å². The van der Waals surface area contributed by atoms with Crippen molar-refractivity contribution in [2.24, 2.45) is 5.73 Å². The molecule has 1 aliphatic heterocycles. The Balaban J connectivity index is 2.09. The molecular weight excluding hydrogens is 264 g/mol. The van der Waals surface area contributed by atoms with Crippen molar-refractivity contribution in [1.82, 2.24) is 9.97 Å². The second kappa shape index (κ2) is 4.75.